The van der Waals surface area contributed by atoms with Crippen molar-refractivity contribution in [2.45, 2.75) is 32.2 Å². The molecule has 0 saturated carbocycles. The molecular formula is C16H21NO5. The average molecular weight is 307 g/mol. The molecule has 1 aliphatic heterocycles. The number of likely N-dealkylation sites (tertiary alicyclic amines) is 1. The van der Waals surface area contributed by atoms with Crippen LogP contribution in [-0.4, -0.2) is 48.7 Å². The number of carboxylic acids is 1. The fourth-order valence-electron chi connectivity index (χ4n) is 2.81. The van der Waals surface area contributed by atoms with Gasteiger partial charge in [-0.15, -0.1) is 0 Å². The molecule has 0 radical (unpaired) electrons. The molecule has 1 atom stereocenters. The number of carboxylic acid groups (broad SMARTS) is 1. The smallest absolute Gasteiger partial charge is 0.326 e. The van der Waals surface area contributed by atoms with Gasteiger partial charge in [-0.05, 0) is 38.3 Å². The third-order valence-electron chi connectivity index (χ3n) is 4.05. The number of amides is 1. The fraction of sp³-hybridized carbons (Fsp3) is 0.500. The van der Waals surface area contributed by atoms with E-state index in [0.717, 1.165) is 18.4 Å². The molecule has 2 rings (SSSR count). The molecule has 120 valence electrons. The van der Waals surface area contributed by atoms with Gasteiger partial charge in [0.1, 0.15) is 17.5 Å². The van der Waals surface area contributed by atoms with E-state index in [2.05, 4.69) is 0 Å². The van der Waals surface area contributed by atoms with Crippen molar-refractivity contribution in [1.82, 2.24) is 4.90 Å². The molecule has 0 aliphatic carbocycles. The molecule has 22 heavy (non-hydrogen) atoms. The maximum Gasteiger partial charge on any atom is 0.326 e. The number of ether oxygens (including phenoxy) is 2. The van der Waals surface area contributed by atoms with E-state index in [4.69, 9.17) is 9.47 Å². The summed E-state index contributed by atoms with van der Waals surface area (Å²) in [6.45, 7) is 2.29. The molecule has 0 bridgehead atoms. The zero-order valence-corrected chi connectivity index (χ0v) is 13.1. The van der Waals surface area contributed by atoms with Crippen molar-refractivity contribution in [3.63, 3.8) is 0 Å². The van der Waals surface area contributed by atoms with Crippen molar-refractivity contribution in [3.05, 3.63) is 23.3 Å². The molecule has 6 nitrogen and oxygen atoms in total. The van der Waals surface area contributed by atoms with Gasteiger partial charge in [0.25, 0.3) is 5.91 Å². The third kappa shape index (κ3) is 3.00. The number of benzene rings is 1. The third-order valence-corrected chi connectivity index (χ3v) is 4.05. The lowest BCUT2D eigenvalue weighted by Crippen LogP contribution is -2.48. The number of piperidine rings is 1. The quantitative estimate of drug-likeness (QED) is 0.922. The molecular weight excluding hydrogens is 286 g/mol. The molecule has 1 N–H and O–H groups in total. The summed E-state index contributed by atoms with van der Waals surface area (Å²) in [6, 6.07) is 2.50. The number of methoxy groups -OCH3 is 2. The van der Waals surface area contributed by atoms with Crippen LogP contribution in [0.5, 0.6) is 11.5 Å². The van der Waals surface area contributed by atoms with Crippen LogP contribution >= 0.6 is 0 Å². The molecule has 1 fully saturated rings. The Morgan fingerprint density at radius 2 is 1.77 bits per heavy atom. The van der Waals surface area contributed by atoms with E-state index >= 15 is 0 Å². The van der Waals surface area contributed by atoms with Crippen molar-refractivity contribution in [1.29, 1.82) is 0 Å². The predicted molar refractivity (Wildman–Crippen MR) is 80.6 cm³/mol. The molecule has 0 spiro atoms. The first-order valence-corrected chi connectivity index (χ1v) is 7.26. The zero-order valence-electron chi connectivity index (χ0n) is 13.1. The van der Waals surface area contributed by atoms with Gasteiger partial charge in [-0.25, -0.2) is 4.79 Å². The largest absolute Gasteiger partial charge is 0.496 e. The Morgan fingerprint density at radius 3 is 2.27 bits per heavy atom. The normalized spacial score (nSPS) is 18.0. The lowest BCUT2D eigenvalue weighted by molar-refractivity contribution is -0.143. The highest BCUT2D eigenvalue weighted by Gasteiger charge is 2.33. The second-order valence-corrected chi connectivity index (χ2v) is 5.35. The molecule has 1 heterocycles. The molecule has 0 aromatic heterocycles. The summed E-state index contributed by atoms with van der Waals surface area (Å²) in [4.78, 5) is 25.5. The van der Waals surface area contributed by atoms with Crippen molar-refractivity contribution in [2.24, 2.45) is 0 Å². The van der Waals surface area contributed by atoms with Crippen LogP contribution in [0.2, 0.25) is 0 Å². The summed E-state index contributed by atoms with van der Waals surface area (Å²) in [5, 5.41) is 9.31. The Bertz CT molecular complexity index is 559. The van der Waals surface area contributed by atoms with E-state index in [1.54, 1.807) is 12.1 Å². The molecule has 1 unspecified atom stereocenters. The molecule has 1 amide bonds. The number of carbonyl (C=O) groups is 2. The SMILES string of the molecule is COc1cc(C(=O)N2CCCCC2C(=O)O)cc(OC)c1C. The maximum absolute atomic E-state index is 12.7. The van der Waals surface area contributed by atoms with E-state index in [9.17, 15) is 14.7 Å². The second kappa shape index (κ2) is 6.68. The van der Waals surface area contributed by atoms with Gasteiger partial charge in [0.2, 0.25) is 0 Å². The first kappa shape index (κ1) is 16.1. The van der Waals surface area contributed by atoms with Crippen LogP contribution in [0.15, 0.2) is 12.1 Å². The number of hydrogen-bond donors (Lipinski definition) is 1. The van der Waals surface area contributed by atoms with E-state index in [1.165, 1.54) is 19.1 Å². The van der Waals surface area contributed by atoms with Crippen molar-refractivity contribution in [2.75, 3.05) is 20.8 Å². The Balaban J connectivity index is 2.37. The molecule has 6 heteroatoms. The van der Waals surface area contributed by atoms with Gasteiger partial charge in [0, 0.05) is 17.7 Å². The number of aliphatic carboxylic acids is 1. The minimum Gasteiger partial charge on any atom is -0.496 e. The lowest BCUT2D eigenvalue weighted by Gasteiger charge is -2.33. The Morgan fingerprint density at radius 1 is 1.18 bits per heavy atom. The van der Waals surface area contributed by atoms with E-state index in [0.29, 0.717) is 30.0 Å². The van der Waals surface area contributed by atoms with Crippen LogP contribution < -0.4 is 9.47 Å². The van der Waals surface area contributed by atoms with Crippen LogP contribution in [0.3, 0.4) is 0 Å². The average Bonchev–Trinajstić information content (AvgIpc) is 2.54. The van der Waals surface area contributed by atoms with E-state index in [1.807, 2.05) is 6.92 Å². The minimum atomic E-state index is -0.959. The van der Waals surface area contributed by atoms with Crippen LogP contribution in [0.4, 0.5) is 0 Å². The number of carbonyl (C=O) groups excluding carboxylic acids is 1. The summed E-state index contributed by atoms with van der Waals surface area (Å²) in [5.41, 5.74) is 1.18. The molecule has 1 saturated heterocycles. The highest BCUT2D eigenvalue weighted by atomic mass is 16.5. The van der Waals surface area contributed by atoms with Gasteiger partial charge in [-0.2, -0.15) is 0 Å². The summed E-state index contributed by atoms with van der Waals surface area (Å²) in [7, 11) is 3.05. The molecule has 1 aromatic rings. The van der Waals surface area contributed by atoms with Gasteiger partial charge in [-0.1, -0.05) is 0 Å². The predicted octanol–water partition coefficient (Wildman–Crippen LogP) is 2.09. The van der Waals surface area contributed by atoms with E-state index in [-0.39, 0.29) is 5.91 Å². The van der Waals surface area contributed by atoms with Crippen molar-refractivity contribution >= 4 is 11.9 Å². The summed E-state index contributed by atoms with van der Waals surface area (Å²) in [5.74, 6) is -0.166. The number of nitrogens with zero attached hydrogens (tertiary/aromatic N) is 1. The van der Waals surface area contributed by atoms with Gasteiger partial charge in [0.15, 0.2) is 0 Å². The zero-order chi connectivity index (χ0) is 16.3. The maximum atomic E-state index is 12.7. The lowest BCUT2D eigenvalue weighted by atomic mass is 10.00. The van der Waals surface area contributed by atoms with Crippen molar-refractivity contribution < 1.29 is 24.2 Å². The number of hydrogen-bond acceptors (Lipinski definition) is 4. The monoisotopic (exact) mass is 307 g/mol. The highest BCUT2D eigenvalue weighted by molar-refractivity contribution is 5.97. The minimum absolute atomic E-state index is 0.302. The molecule has 1 aliphatic rings. The molecule has 1 aromatic carbocycles. The topological polar surface area (TPSA) is 76.1 Å². The van der Waals surface area contributed by atoms with Crippen LogP contribution in [0, 0.1) is 6.92 Å². The Labute approximate surface area is 129 Å². The standard InChI is InChI=1S/C16H21NO5/c1-10-13(21-2)8-11(9-14(10)22-3)15(18)17-7-5-4-6-12(17)16(19)20/h8-9,12H,4-7H2,1-3H3,(H,19,20). The van der Waals surface area contributed by atoms with E-state index < -0.39 is 12.0 Å². The first-order valence-electron chi connectivity index (χ1n) is 7.26. The van der Waals surface area contributed by atoms with Gasteiger partial charge >= 0.3 is 5.97 Å². The summed E-state index contributed by atoms with van der Waals surface area (Å²) in [6.07, 6.45) is 2.12. The van der Waals surface area contributed by atoms with Crippen LogP contribution in [0.1, 0.15) is 35.2 Å². The number of rotatable bonds is 4. The van der Waals surface area contributed by atoms with Gasteiger partial charge in [0.05, 0.1) is 14.2 Å². The fourth-order valence-corrected chi connectivity index (χ4v) is 2.81. The highest BCUT2D eigenvalue weighted by Crippen LogP contribution is 2.31. The first-order chi connectivity index (χ1) is 10.5. The second-order valence-electron chi connectivity index (χ2n) is 5.35. The van der Waals surface area contributed by atoms with Gasteiger partial charge in [-0.3, -0.25) is 4.79 Å². The van der Waals surface area contributed by atoms with Gasteiger partial charge < -0.3 is 19.5 Å². The Kier molecular flexibility index (Phi) is 4.90. The van der Waals surface area contributed by atoms with Crippen molar-refractivity contribution in [3.8, 4) is 11.5 Å². The summed E-state index contributed by atoms with van der Waals surface area (Å²) >= 11 is 0. The van der Waals surface area contributed by atoms with Crippen LogP contribution in [-0.2, 0) is 4.79 Å². The Hall–Kier alpha value is -2.24. The summed E-state index contributed by atoms with van der Waals surface area (Å²) < 4.78 is 10.5. The van der Waals surface area contributed by atoms with Crippen LogP contribution in [0.25, 0.3) is 0 Å².